The summed E-state index contributed by atoms with van der Waals surface area (Å²) in [6.07, 6.45) is 3.35. The monoisotopic (exact) mass is 164 g/mol. The van der Waals surface area contributed by atoms with Crippen LogP contribution in [0.3, 0.4) is 0 Å². The van der Waals surface area contributed by atoms with Crippen molar-refractivity contribution in [3.8, 4) is 0 Å². The SMILES string of the molecule is Cl.NC(=O)C(N)C1CCC1. The second-order valence-electron chi connectivity index (χ2n) is 2.62. The zero-order chi connectivity index (χ0) is 6.85. The molecule has 0 saturated heterocycles. The quantitative estimate of drug-likeness (QED) is 0.604. The van der Waals surface area contributed by atoms with Crippen LogP contribution in [0.5, 0.6) is 0 Å². The molecule has 4 heteroatoms. The van der Waals surface area contributed by atoms with Crippen LogP contribution in [0.4, 0.5) is 0 Å². The zero-order valence-corrected chi connectivity index (χ0v) is 6.56. The number of hydrogen-bond donors (Lipinski definition) is 2. The third-order valence-electron chi connectivity index (χ3n) is 1.99. The Morgan fingerprint density at radius 1 is 1.50 bits per heavy atom. The largest absolute Gasteiger partial charge is 0.368 e. The van der Waals surface area contributed by atoms with Gasteiger partial charge in [-0.2, -0.15) is 0 Å². The van der Waals surface area contributed by atoms with Gasteiger partial charge in [-0.3, -0.25) is 4.79 Å². The standard InChI is InChI=1S/C6H12N2O.ClH/c7-5(6(8)9)4-2-1-3-4;/h4-5H,1-3,7H2,(H2,8,9);1H. The summed E-state index contributed by atoms with van der Waals surface area (Å²) >= 11 is 0. The predicted octanol–water partition coefficient (Wildman–Crippen LogP) is 0.0209. The van der Waals surface area contributed by atoms with Crippen LogP contribution < -0.4 is 11.5 Å². The van der Waals surface area contributed by atoms with Gasteiger partial charge in [0, 0.05) is 0 Å². The highest BCUT2D eigenvalue weighted by molar-refractivity contribution is 5.85. The van der Waals surface area contributed by atoms with E-state index in [1.165, 1.54) is 6.42 Å². The molecule has 1 rings (SSSR count). The highest BCUT2D eigenvalue weighted by Gasteiger charge is 2.27. The molecule has 3 nitrogen and oxygen atoms in total. The lowest BCUT2D eigenvalue weighted by Crippen LogP contribution is -2.45. The minimum atomic E-state index is -0.390. The van der Waals surface area contributed by atoms with E-state index in [9.17, 15) is 4.79 Å². The van der Waals surface area contributed by atoms with Gasteiger partial charge in [0.05, 0.1) is 6.04 Å². The number of rotatable bonds is 2. The molecule has 1 aliphatic carbocycles. The van der Waals surface area contributed by atoms with Crippen LogP contribution >= 0.6 is 12.4 Å². The molecule has 10 heavy (non-hydrogen) atoms. The number of hydrogen-bond acceptors (Lipinski definition) is 2. The van der Waals surface area contributed by atoms with Crippen LogP contribution in [0.1, 0.15) is 19.3 Å². The third kappa shape index (κ3) is 1.85. The molecular formula is C6H13ClN2O. The molecule has 60 valence electrons. The summed E-state index contributed by atoms with van der Waals surface area (Å²) in [4.78, 5) is 10.4. The van der Waals surface area contributed by atoms with Crippen molar-refractivity contribution in [3.05, 3.63) is 0 Å². The third-order valence-corrected chi connectivity index (χ3v) is 1.99. The molecule has 0 radical (unpaired) electrons. The molecular weight excluding hydrogens is 152 g/mol. The lowest BCUT2D eigenvalue weighted by molar-refractivity contribution is -0.121. The Kier molecular flexibility index (Phi) is 3.68. The van der Waals surface area contributed by atoms with Gasteiger partial charge in [0.15, 0.2) is 0 Å². The predicted molar refractivity (Wildman–Crippen MR) is 41.8 cm³/mol. The van der Waals surface area contributed by atoms with Crippen molar-refractivity contribution in [2.75, 3.05) is 0 Å². The van der Waals surface area contributed by atoms with Crippen LogP contribution in [-0.4, -0.2) is 11.9 Å². The normalized spacial score (nSPS) is 20.5. The molecule has 0 aromatic heterocycles. The highest BCUT2D eigenvalue weighted by atomic mass is 35.5. The average molecular weight is 165 g/mol. The average Bonchev–Trinajstić information content (AvgIpc) is 1.60. The van der Waals surface area contributed by atoms with E-state index in [1.807, 2.05) is 0 Å². The van der Waals surface area contributed by atoms with Gasteiger partial charge in [-0.05, 0) is 18.8 Å². The van der Waals surface area contributed by atoms with E-state index in [0.29, 0.717) is 5.92 Å². The van der Waals surface area contributed by atoms with Crippen molar-refractivity contribution < 1.29 is 4.79 Å². The van der Waals surface area contributed by atoms with Gasteiger partial charge in [-0.15, -0.1) is 12.4 Å². The fourth-order valence-corrected chi connectivity index (χ4v) is 1.03. The van der Waals surface area contributed by atoms with E-state index in [0.717, 1.165) is 12.8 Å². The van der Waals surface area contributed by atoms with E-state index in [2.05, 4.69) is 0 Å². The second kappa shape index (κ2) is 3.78. The van der Waals surface area contributed by atoms with Crippen molar-refractivity contribution in [2.24, 2.45) is 17.4 Å². The number of amides is 1. The minimum Gasteiger partial charge on any atom is -0.368 e. The lowest BCUT2D eigenvalue weighted by Gasteiger charge is -2.28. The van der Waals surface area contributed by atoms with Crippen LogP contribution in [0.15, 0.2) is 0 Å². The second-order valence-corrected chi connectivity index (χ2v) is 2.62. The molecule has 0 spiro atoms. The first-order valence-corrected chi connectivity index (χ1v) is 3.26. The lowest BCUT2D eigenvalue weighted by atomic mass is 9.80. The fraction of sp³-hybridized carbons (Fsp3) is 0.833. The summed E-state index contributed by atoms with van der Waals surface area (Å²) in [5.41, 5.74) is 10.4. The first kappa shape index (κ1) is 9.72. The van der Waals surface area contributed by atoms with Gasteiger partial charge in [-0.25, -0.2) is 0 Å². The van der Waals surface area contributed by atoms with E-state index in [-0.39, 0.29) is 18.3 Å². The minimum absolute atomic E-state index is 0. The Morgan fingerprint density at radius 2 is 2.00 bits per heavy atom. The maximum absolute atomic E-state index is 10.4. The number of carbonyl (C=O) groups is 1. The van der Waals surface area contributed by atoms with Gasteiger partial charge in [0.1, 0.15) is 0 Å². The van der Waals surface area contributed by atoms with Gasteiger partial charge in [-0.1, -0.05) is 6.42 Å². The van der Waals surface area contributed by atoms with Crippen molar-refractivity contribution in [2.45, 2.75) is 25.3 Å². The number of nitrogens with two attached hydrogens (primary N) is 2. The molecule has 1 aliphatic rings. The maximum Gasteiger partial charge on any atom is 0.234 e. The van der Waals surface area contributed by atoms with E-state index in [1.54, 1.807) is 0 Å². The Morgan fingerprint density at radius 3 is 2.10 bits per heavy atom. The Hall–Kier alpha value is -0.280. The summed E-state index contributed by atoms with van der Waals surface area (Å²) in [7, 11) is 0. The first-order valence-electron chi connectivity index (χ1n) is 3.26. The number of halogens is 1. The van der Waals surface area contributed by atoms with Crippen LogP contribution in [0.25, 0.3) is 0 Å². The molecule has 0 bridgehead atoms. The maximum atomic E-state index is 10.4. The Labute approximate surface area is 66.6 Å². The molecule has 1 fully saturated rings. The zero-order valence-electron chi connectivity index (χ0n) is 5.75. The molecule has 0 aliphatic heterocycles. The van der Waals surface area contributed by atoms with E-state index in [4.69, 9.17) is 11.5 Å². The van der Waals surface area contributed by atoms with Crippen molar-refractivity contribution in [1.82, 2.24) is 0 Å². The van der Waals surface area contributed by atoms with Crippen molar-refractivity contribution in [1.29, 1.82) is 0 Å². The topological polar surface area (TPSA) is 69.1 Å². The number of carbonyl (C=O) groups excluding carboxylic acids is 1. The van der Waals surface area contributed by atoms with Gasteiger partial charge >= 0.3 is 0 Å². The molecule has 0 aromatic carbocycles. The first-order chi connectivity index (χ1) is 4.22. The van der Waals surface area contributed by atoms with Gasteiger partial charge < -0.3 is 11.5 Å². The molecule has 4 N–H and O–H groups in total. The van der Waals surface area contributed by atoms with Crippen LogP contribution in [0.2, 0.25) is 0 Å². The van der Waals surface area contributed by atoms with Crippen LogP contribution in [0, 0.1) is 5.92 Å². The Balaban J connectivity index is 0.000000810. The molecule has 1 unspecified atom stereocenters. The highest BCUT2D eigenvalue weighted by Crippen LogP contribution is 2.28. The summed E-state index contributed by atoms with van der Waals surface area (Å²) in [5.74, 6) is 0.0159. The Bertz CT molecular complexity index is 125. The molecule has 0 heterocycles. The van der Waals surface area contributed by atoms with Gasteiger partial charge in [0.2, 0.25) is 5.91 Å². The molecule has 1 saturated carbocycles. The van der Waals surface area contributed by atoms with E-state index < -0.39 is 6.04 Å². The van der Waals surface area contributed by atoms with Crippen molar-refractivity contribution >= 4 is 18.3 Å². The van der Waals surface area contributed by atoms with Crippen LogP contribution in [-0.2, 0) is 4.79 Å². The summed E-state index contributed by atoms with van der Waals surface area (Å²) < 4.78 is 0. The number of primary amides is 1. The summed E-state index contributed by atoms with van der Waals surface area (Å²) in [5, 5.41) is 0. The smallest absolute Gasteiger partial charge is 0.234 e. The molecule has 1 amide bonds. The summed E-state index contributed by atoms with van der Waals surface area (Å²) in [6.45, 7) is 0. The fourth-order valence-electron chi connectivity index (χ4n) is 1.03. The molecule has 1 atom stereocenters. The van der Waals surface area contributed by atoms with E-state index >= 15 is 0 Å². The van der Waals surface area contributed by atoms with Gasteiger partial charge in [0.25, 0.3) is 0 Å². The van der Waals surface area contributed by atoms with Crippen molar-refractivity contribution in [3.63, 3.8) is 0 Å². The molecule has 0 aromatic rings. The summed E-state index contributed by atoms with van der Waals surface area (Å²) in [6, 6.07) is -0.390.